The Morgan fingerprint density at radius 2 is 1.88 bits per heavy atom. The highest BCUT2D eigenvalue weighted by molar-refractivity contribution is 9.09. The van der Waals surface area contributed by atoms with Gasteiger partial charge in [0.15, 0.2) is 0 Å². The second kappa shape index (κ2) is 5.82. The molecule has 0 aliphatic carbocycles. The van der Waals surface area contributed by atoms with Crippen molar-refractivity contribution in [3.8, 4) is 0 Å². The summed E-state index contributed by atoms with van der Waals surface area (Å²) in [5.41, 5.74) is 1.05. The van der Waals surface area contributed by atoms with Crippen molar-refractivity contribution in [1.29, 1.82) is 0 Å². The number of carbonyl (C=O) groups excluding carboxylic acids is 1. The van der Waals surface area contributed by atoms with E-state index in [1.807, 2.05) is 18.2 Å². The normalized spacial score (nSPS) is 10.4. The van der Waals surface area contributed by atoms with E-state index in [1.54, 1.807) is 0 Å². The van der Waals surface area contributed by atoms with E-state index in [-0.39, 0.29) is 5.91 Å². The van der Waals surface area contributed by atoms with Crippen LogP contribution in [-0.4, -0.2) is 17.8 Å². The smallest absolute Gasteiger partial charge is 0.224 e. The minimum atomic E-state index is 0.0692. The lowest BCUT2D eigenvalue weighted by Crippen LogP contribution is -2.26. The van der Waals surface area contributed by atoms with Gasteiger partial charge in [-0.3, -0.25) is 4.79 Å². The van der Waals surface area contributed by atoms with Gasteiger partial charge in [0.05, 0.1) is 6.42 Å². The standard InChI is InChI=1S/C14H14BrNO/c15-7-8-16-14(17)10-11-5-6-12-3-1-2-4-13(12)9-11/h1-6,9H,7-8,10H2,(H,16,17). The molecule has 0 spiro atoms. The molecule has 0 bridgehead atoms. The lowest BCUT2D eigenvalue weighted by Gasteiger charge is -2.04. The van der Waals surface area contributed by atoms with E-state index in [2.05, 4.69) is 45.5 Å². The van der Waals surface area contributed by atoms with E-state index >= 15 is 0 Å². The van der Waals surface area contributed by atoms with Gasteiger partial charge in [-0.25, -0.2) is 0 Å². The predicted molar refractivity (Wildman–Crippen MR) is 74.5 cm³/mol. The highest BCUT2D eigenvalue weighted by atomic mass is 79.9. The molecule has 0 atom stereocenters. The Morgan fingerprint density at radius 3 is 2.65 bits per heavy atom. The summed E-state index contributed by atoms with van der Waals surface area (Å²) in [6.45, 7) is 0.673. The quantitative estimate of drug-likeness (QED) is 0.863. The number of halogens is 1. The fraction of sp³-hybridized carbons (Fsp3) is 0.214. The number of amides is 1. The monoisotopic (exact) mass is 291 g/mol. The van der Waals surface area contributed by atoms with Gasteiger partial charge in [-0.2, -0.15) is 0 Å². The highest BCUT2D eigenvalue weighted by Crippen LogP contribution is 2.15. The summed E-state index contributed by atoms with van der Waals surface area (Å²) in [4.78, 5) is 11.6. The number of hydrogen-bond donors (Lipinski definition) is 1. The van der Waals surface area contributed by atoms with Crippen LogP contribution in [0, 0.1) is 0 Å². The maximum atomic E-state index is 11.6. The van der Waals surface area contributed by atoms with Crippen LogP contribution in [0.5, 0.6) is 0 Å². The maximum Gasteiger partial charge on any atom is 0.224 e. The van der Waals surface area contributed by atoms with E-state index in [0.29, 0.717) is 13.0 Å². The summed E-state index contributed by atoms with van der Waals surface area (Å²) in [7, 11) is 0. The average Bonchev–Trinajstić information content (AvgIpc) is 2.36. The average molecular weight is 292 g/mol. The summed E-state index contributed by atoms with van der Waals surface area (Å²) >= 11 is 3.28. The van der Waals surface area contributed by atoms with E-state index in [9.17, 15) is 4.79 Å². The van der Waals surface area contributed by atoms with Gasteiger partial charge in [-0.15, -0.1) is 0 Å². The fourth-order valence-corrected chi connectivity index (χ4v) is 1.98. The topological polar surface area (TPSA) is 29.1 Å². The third-order valence-electron chi connectivity index (χ3n) is 2.60. The minimum absolute atomic E-state index is 0.0692. The van der Waals surface area contributed by atoms with Crippen LogP contribution in [0.15, 0.2) is 42.5 Å². The number of benzene rings is 2. The molecule has 0 aliphatic heterocycles. The van der Waals surface area contributed by atoms with Gasteiger partial charge in [0, 0.05) is 11.9 Å². The Hall–Kier alpha value is -1.35. The summed E-state index contributed by atoms with van der Waals surface area (Å²) in [6, 6.07) is 14.3. The van der Waals surface area contributed by atoms with Crippen LogP contribution in [0.2, 0.25) is 0 Å². The SMILES string of the molecule is O=C(Cc1ccc2ccccc2c1)NCCBr. The van der Waals surface area contributed by atoms with Crippen LogP contribution >= 0.6 is 15.9 Å². The van der Waals surface area contributed by atoms with Crippen molar-refractivity contribution in [3.63, 3.8) is 0 Å². The Labute approximate surface area is 109 Å². The molecule has 2 aromatic rings. The molecule has 2 aromatic carbocycles. The molecule has 2 nitrogen and oxygen atoms in total. The third-order valence-corrected chi connectivity index (χ3v) is 2.99. The molecule has 3 heteroatoms. The Morgan fingerprint density at radius 1 is 1.12 bits per heavy atom. The number of fused-ring (bicyclic) bond motifs is 1. The summed E-state index contributed by atoms with van der Waals surface area (Å²) < 4.78 is 0. The molecule has 0 saturated heterocycles. The Kier molecular flexibility index (Phi) is 4.15. The summed E-state index contributed by atoms with van der Waals surface area (Å²) in [6.07, 6.45) is 0.442. The Balaban J connectivity index is 2.11. The molecule has 1 amide bonds. The summed E-state index contributed by atoms with van der Waals surface area (Å²) in [5.74, 6) is 0.0692. The second-order valence-electron chi connectivity index (χ2n) is 3.90. The number of nitrogens with one attached hydrogen (secondary N) is 1. The van der Waals surface area contributed by atoms with Gasteiger partial charge in [0.2, 0.25) is 5.91 Å². The maximum absolute atomic E-state index is 11.6. The second-order valence-corrected chi connectivity index (χ2v) is 4.69. The zero-order chi connectivity index (χ0) is 12.1. The Bertz CT molecular complexity index is 524. The van der Waals surface area contributed by atoms with Crippen LogP contribution in [-0.2, 0) is 11.2 Å². The first-order valence-electron chi connectivity index (χ1n) is 5.60. The lowest BCUT2D eigenvalue weighted by atomic mass is 10.1. The van der Waals surface area contributed by atoms with E-state index in [0.717, 1.165) is 10.9 Å². The van der Waals surface area contributed by atoms with Crippen molar-refractivity contribution in [2.24, 2.45) is 0 Å². The number of rotatable bonds is 4. The molecule has 88 valence electrons. The zero-order valence-electron chi connectivity index (χ0n) is 9.45. The summed E-state index contributed by atoms with van der Waals surface area (Å²) in [5, 5.41) is 6.02. The molecule has 0 fully saturated rings. The highest BCUT2D eigenvalue weighted by Gasteiger charge is 2.03. The molecule has 0 aromatic heterocycles. The third kappa shape index (κ3) is 3.30. The molecule has 0 radical (unpaired) electrons. The first-order valence-corrected chi connectivity index (χ1v) is 6.72. The van der Waals surface area contributed by atoms with Crippen LogP contribution in [0.1, 0.15) is 5.56 Å². The number of hydrogen-bond acceptors (Lipinski definition) is 1. The van der Waals surface area contributed by atoms with E-state index < -0.39 is 0 Å². The van der Waals surface area contributed by atoms with Crippen molar-refractivity contribution >= 4 is 32.6 Å². The van der Waals surface area contributed by atoms with Gasteiger partial charge in [0.1, 0.15) is 0 Å². The molecule has 0 aliphatic rings. The van der Waals surface area contributed by atoms with Crippen LogP contribution in [0.4, 0.5) is 0 Å². The molecule has 0 saturated carbocycles. The molecule has 17 heavy (non-hydrogen) atoms. The first-order chi connectivity index (χ1) is 8.29. The van der Waals surface area contributed by atoms with Crippen molar-refractivity contribution < 1.29 is 4.79 Å². The predicted octanol–water partition coefficient (Wildman–Crippen LogP) is 2.89. The molecule has 2 rings (SSSR count). The molecule has 0 unspecified atom stereocenters. The van der Waals surface area contributed by atoms with E-state index in [4.69, 9.17) is 0 Å². The van der Waals surface area contributed by atoms with Crippen molar-refractivity contribution in [2.45, 2.75) is 6.42 Å². The van der Waals surface area contributed by atoms with Gasteiger partial charge in [-0.05, 0) is 16.3 Å². The van der Waals surface area contributed by atoms with Crippen LogP contribution < -0.4 is 5.32 Å². The van der Waals surface area contributed by atoms with Crippen LogP contribution in [0.25, 0.3) is 10.8 Å². The largest absolute Gasteiger partial charge is 0.355 e. The molecular formula is C14H14BrNO. The van der Waals surface area contributed by atoms with Crippen LogP contribution in [0.3, 0.4) is 0 Å². The van der Waals surface area contributed by atoms with Crippen molar-refractivity contribution in [3.05, 3.63) is 48.0 Å². The van der Waals surface area contributed by atoms with Gasteiger partial charge < -0.3 is 5.32 Å². The molecule has 0 heterocycles. The molecular weight excluding hydrogens is 278 g/mol. The van der Waals surface area contributed by atoms with E-state index in [1.165, 1.54) is 10.8 Å². The number of alkyl halides is 1. The fourth-order valence-electron chi connectivity index (χ4n) is 1.78. The lowest BCUT2D eigenvalue weighted by molar-refractivity contribution is -0.120. The van der Waals surface area contributed by atoms with Gasteiger partial charge in [0.25, 0.3) is 0 Å². The molecule has 1 N–H and O–H groups in total. The first kappa shape index (κ1) is 12.1. The van der Waals surface area contributed by atoms with Crippen molar-refractivity contribution in [2.75, 3.05) is 11.9 Å². The van der Waals surface area contributed by atoms with Crippen molar-refractivity contribution in [1.82, 2.24) is 5.32 Å². The minimum Gasteiger partial charge on any atom is -0.355 e. The van der Waals surface area contributed by atoms with Gasteiger partial charge in [-0.1, -0.05) is 58.4 Å². The zero-order valence-corrected chi connectivity index (χ0v) is 11.0. The van der Waals surface area contributed by atoms with Gasteiger partial charge >= 0.3 is 0 Å². The number of carbonyl (C=O) groups is 1.